The van der Waals surface area contributed by atoms with Gasteiger partial charge in [0.25, 0.3) is 0 Å². The Morgan fingerprint density at radius 1 is 1.13 bits per heavy atom. The van der Waals surface area contributed by atoms with Gasteiger partial charge < -0.3 is 20.9 Å². The van der Waals surface area contributed by atoms with E-state index in [0.29, 0.717) is 0 Å². The predicted octanol–water partition coefficient (Wildman–Crippen LogP) is 0.383. The largest absolute Gasteiger partial charge is 0.490 e. The van der Waals surface area contributed by atoms with Crippen LogP contribution in [0.15, 0.2) is 35.2 Å². The summed E-state index contributed by atoms with van der Waals surface area (Å²) in [6, 6.07) is 6.32. The van der Waals surface area contributed by atoms with Crippen molar-refractivity contribution in [3.8, 4) is 0 Å². The second-order valence-electron chi connectivity index (χ2n) is 6.83. The molecule has 1 aromatic rings. The van der Waals surface area contributed by atoms with Crippen molar-refractivity contribution in [2.75, 3.05) is 13.1 Å². The van der Waals surface area contributed by atoms with E-state index in [2.05, 4.69) is 10.0 Å². The van der Waals surface area contributed by atoms with Crippen molar-refractivity contribution in [3.63, 3.8) is 0 Å². The monoisotopic (exact) mass is 471 g/mol. The normalized spacial score (nSPS) is 12.7. The number of aliphatic carboxylic acids is 1. The molecule has 0 aliphatic carbocycles. The molecular weight excluding hydrogens is 447 g/mol. The molecule has 1 amide bonds. The van der Waals surface area contributed by atoms with Crippen LogP contribution in [0.5, 0.6) is 0 Å². The lowest BCUT2D eigenvalue weighted by Crippen LogP contribution is -2.51. The summed E-state index contributed by atoms with van der Waals surface area (Å²) in [5, 5.41) is 9.51. The molecule has 0 fully saturated rings. The van der Waals surface area contributed by atoms with Crippen LogP contribution in [0.25, 0.3) is 0 Å². The maximum atomic E-state index is 12.4. The molecule has 1 aromatic carbocycles. The smallest absolute Gasteiger partial charge is 0.475 e. The number of sulfonamides is 1. The van der Waals surface area contributed by atoms with Crippen LogP contribution in [-0.2, 0) is 29.1 Å². The topological polar surface area (TPSA) is 165 Å². The predicted molar refractivity (Wildman–Crippen MR) is 102 cm³/mol. The third-order valence-corrected chi connectivity index (χ3v) is 4.46. The fraction of sp³-hybridized carbons (Fsp3) is 0.471. The molecule has 1 rings (SSSR count). The summed E-state index contributed by atoms with van der Waals surface area (Å²) in [6.45, 7) is 4.44. The fourth-order valence-corrected chi connectivity index (χ4v) is 2.89. The molecule has 0 unspecified atom stereocenters. The number of carbonyl (C=O) groups excluding carboxylic acids is 2. The Kier molecular flexibility index (Phi) is 10.6. The quantitative estimate of drug-likeness (QED) is 0.415. The van der Waals surface area contributed by atoms with Gasteiger partial charge in [0, 0.05) is 6.54 Å². The van der Waals surface area contributed by atoms with E-state index in [1.165, 1.54) is 12.1 Å². The zero-order chi connectivity index (χ0) is 24.5. The van der Waals surface area contributed by atoms with Crippen LogP contribution in [0, 0.1) is 0 Å². The summed E-state index contributed by atoms with van der Waals surface area (Å²) in [4.78, 5) is 32.4. The number of esters is 1. The van der Waals surface area contributed by atoms with Gasteiger partial charge >= 0.3 is 18.1 Å². The third-order valence-electron chi connectivity index (χ3n) is 2.97. The number of carboxylic acids is 1. The highest BCUT2D eigenvalue weighted by atomic mass is 32.2. The molecule has 0 bridgehead atoms. The number of hydrogen-bond acceptors (Lipinski definition) is 7. The summed E-state index contributed by atoms with van der Waals surface area (Å²) in [5.41, 5.74) is 4.39. The molecule has 31 heavy (non-hydrogen) atoms. The van der Waals surface area contributed by atoms with E-state index < -0.39 is 45.7 Å². The number of ether oxygens (including phenoxy) is 1. The molecule has 0 heterocycles. The number of amides is 1. The second kappa shape index (κ2) is 11.6. The molecular formula is C17H24F3N3O7S. The molecule has 10 nitrogen and oxygen atoms in total. The highest BCUT2D eigenvalue weighted by Crippen LogP contribution is 2.13. The summed E-state index contributed by atoms with van der Waals surface area (Å²) in [5.74, 6) is -4.06. The number of carboxylic acid groups (broad SMARTS) is 1. The van der Waals surface area contributed by atoms with Crippen molar-refractivity contribution in [1.82, 2.24) is 10.0 Å². The second-order valence-corrected chi connectivity index (χ2v) is 8.55. The van der Waals surface area contributed by atoms with Crippen LogP contribution < -0.4 is 15.8 Å². The molecule has 0 aliphatic heterocycles. The Labute approximate surface area is 177 Å². The van der Waals surface area contributed by atoms with Gasteiger partial charge in [-0.3, -0.25) is 9.59 Å². The van der Waals surface area contributed by atoms with E-state index in [1.807, 2.05) is 0 Å². The molecule has 176 valence electrons. The number of carbonyl (C=O) groups is 3. The summed E-state index contributed by atoms with van der Waals surface area (Å²) in [6.07, 6.45) is -5.08. The number of halogens is 3. The van der Waals surface area contributed by atoms with Crippen LogP contribution in [0.4, 0.5) is 13.2 Å². The van der Waals surface area contributed by atoms with Crippen LogP contribution in [0.1, 0.15) is 20.8 Å². The zero-order valence-electron chi connectivity index (χ0n) is 16.9. The maximum Gasteiger partial charge on any atom is 0.490 e. The Morgan fingerprint density at radius 3 is 2.00 bits per heavy atom. The van der Waals surface area contributed by atoms with Gasteiger partial charge in [0.05, 0.1) is 11.4 Å². The SMILES string of the molecule is CC(C)(C)OC(=O)[C@H](CNC(=O)CN)NS(=O)(=O)c1ccccc1.O=C(O)C(F)(F)F. The van der Waals surface area contributed by atoms with Gasteiger partial charge in [-0.15, -0.1) is 0 Å². The van der Waals surface area contributed by atoms with Crippen LogP contribution >= 0.6 is 0 Å². The lowest BCUT2D eigenvalue weighted by Gasteiger charge is -2.24. The molecule has 14 heteroatoms. The van der Waals surface area contributed by atoms with Gasteiger partial charge in [0.1, 0.15) is 11.6 Å². The van der Waals surface area contributed by atoms with E-state index in [-0.39, 0.29) is 18.0 Å². The van der Waals surface area contributed by atoms with E-state index in [4.69, 9.17) is 20.4 Å². The Bertz CT molecular complexity index is 854. The molecule has 0 spiro atoms. The standard InChI is InChI=1S/C15H23N3O5S.C2HF3O2/c1-15(2,3)23-14(20)12(10-17-13(19)9-16)18-24(21,22)11-7-5-4-6-8-11;3-2(4,5)1(6)7/h4-8,12,18H,9-10,16H2,1-3H3,(H,17,19);(H,6,7)/t12-;/m0./s1. The van der Waals surface area contributed by atoms with Crippen molar-refractivity contribution in [2.45, 2.75) is 43.5 Å². The summed E-state index contributed by atoms with van der Waals surface area (Å²) in [7, 11) is -3.95. The van der Waals surface area contributed by atoms with E-state index in [9.17, 15) is 31.2 Å². The van der Waals surface area contributed by atoms with Crippen molar-refractivity contribution in [1.29, 1.82) is 0 Å². The number of rotatable bonds is 7. The van der Waals surface area contributed by atoms with Gasteiger partial charge in [0.2, 0.25) is 15.9 Å². The van der Waals surface area contributed by atoms with Crippen molar-refractivity contribution < 1.29 is 45.8 Å². The molecule has 0 aliphatic rings. The maximum absolute atomic E-state index is 12.4. The fourth-order valence-electron chi connectivity index (χ4n) is 1.69. The minimum Gasteiger partial charge on any atom is -0.475 e. The molecule has 0 saturated heterocycles. The molecule has 5 N–H and O–H groups in total. The van der Waals surface area contributed by atoms with Crippen molar-refractivity contribution >= 4 is 27.9 Å². The molecule has 1 atom stereocenters. The van der Waals surface area contributed by atoms with E-state index in [1.54, 1.807) is 39.0 Å². The number of hydrogen-bond donors (Lipinski definition) is 4. The first-order valence-corrected chi connectivity index (χ1v) is 10.0. The summed E-state index contributed by atoms with van der Waals surface area (Å²) >= 11 is 0. The first-order valence-electron chi connectivity index (χ1n) is 8.56. The highest BCUT2D eigenvalue weighted by Gasteiger charge is 2.38. The number of alkyl halides is 3. The third kappa shape index (κ3) is 11.9. The molecule has 0 radical (unpaired) electrons. The zero-order valence-corrected chi connectivity index (χ0v) is 17.7. The van der Waals surface area contributed by atoms with Crippen LogP contribution in [0.3, 0.4) is 0 Å². The molecule has 0 saturated carbocycles. The van der Waals surface area contributed by atoms with Crippen molar-refractivity contribution in [2.24, 2.45) is 5.73 Å². The average Bonchev–Trinajstić information content (AvgIpc) is 2.63. The van der Waals surface area contributed by atoms with E-state index >= 15 is 0 Å². The first-order chi connectivity index (χ1) is 14.0. The van der Waals surface area contributed by atoms with E-state index in [0.717, 1.165) is 0 Å². The Morgan fingerprint density at radius 2 is 1.61 bits per heavy atom. The van der Waals surface area contributed by atoms with Crippen molar-refractivity contribution in [3.05, 3.63) is 30.3 Å². The van der Waals surface area contributed by atoms with Crippen LogP contribution in [-0.4, -0.2) is 62.3 Å². The highest BCUT2D eigenvalue weighted by molar-refractivity contribution is 7.89. The minimum absolute atomic E-state index is 0.00344. The van der Waals surface area contributed by atoms with Crippen LogP contribution in [0.2, 0.25) is 0 Å². The number of nitrogens with two attached hydrogens (primary N) is 1. The minimum atomic E-state index is -5.08. The Balaban J connectivity index is 0.00000110. The lowest BCUT2D eigenvalue weighted by atomic mass is 10.2. The number of benzene rings is 1. The van der Waals surface area contributed by atoms with Gasteiger partial charge in [-0.25, -0.2) is 13.2 Å². The lowest BCUT2D eigenvalue weighted by molar-refractivity contribution is -0.192. The van der Waals surface area contributed by atoms with Gasteiger partial charge in [0.15, 0.2) is 0 Å². The van der Waals surface area contributed by atoms with Gasteiger partial charge in [-0.1, -0.05) is 18.2 Å². The van der Waals surface area contributed by atoms with Gasteiger partial charge in [-0.05, 0) is 32.9 Å². The number of nitrogens with one attached hydrogen (secondary N) is 2. The summed E-state index contributed by atoms with van der Waals surface area (Å²) < 4.78 is 63.9. The molecule has 0 aromatic heterocycles. The van der Waals surface area contributed by atoms with Gasteiger partial charge in [-0.2, -0.15) is 17.9 Å². The average molecular weight is 471 g/mol. The first kappa shape index (κ1) is 28.3. The Hall–Kier alpha value is -2.71.